The zero-order chi connectivity index (χ0) is 9.94. The minimum absolute atomic E-state index is 0.887. The van der Waals surface area contributed by atoms with E-state index in [0.717, 1.165) is 5.92 Å². The van der Waals surface area contributed by atoms with Gasteiger partial charge in [-0.15, -0.1) is 0 Å². The summed E-state index contributed by atoms with van der Waals surface area (Å²) in [5, 5.41) is 0. The summed E-state index contributed by atoms with van der Waals surface area (Å²) in [6.45, 7) is 6.74. The van der Waals surface area contributed by atoms with Gasteiger partial charge in [0.25, 0.3) is 0 Å². The zero-order valence-electron chi connectivity index (χ0n) is 9.68. The van der Waals surface area contributed by atoms with Crippen molar-refractivity contribution in [1.29, 1.82) is 0 Å². The molecule has 0 heterocycles. The summed E-state index contributed by atoms with van der Waals surface area (Å²) in [4.78, 5) is 0. The van der Waals surface area contributed by atoms with Crippen LogP contribution in [0.1, 0.15) is 65.7 Å². The standard InChI is InChI=1S/C13H26/c1-4-6-8-9-10-12-13(3)11-7-5-2/h5,7,13H,4,6,8-12H2,1-3H3/b7-5+/t13-/m0/s1. The molecule has 0 saturated heterocycles. The number of rotatable bonds is 8. The van der Waals surface area contributed by atoms with Crippen LogP contribution in [0.4, 0.5) is 0 Å². The Bertz CT molecular complexity index is 113. The van der Waals surface area contributed by atoms with Crippen LogP contribution in [0.5, 0.6) is 0 Å². The van der Waals surface area contributed by atoms with Gasteiger partial charge in [-0.05, 0) is 19.3 Å². The number of unbranched alkanes of at least 4 members (excludes halogenated alkanes) is 4. The van der Waals surface area contributed by atoms with Crippen molar-refractivity contribution < 1.29 is 0 Å². The first-order valence-electron chi connectivity index (χ1n) is 5.92. The lowest BCUT2D eigenvalue weighted by atomic mass is 9.99. The van der Waals surface area contributed by atoms with Crippen LogP contribution in [0.2, 0.25) is 0 Å². The van der Waals surface area contributed by atoms with E-state index >= 15 is 0 Å². The predicted octanol–water partition coefficient (Wildman–Crippen LogP) is 4.95. The van der Waals surface area contributed by atoms with Crippen molar-refractivity contribution >= 4 is 0 Å². The highest BCUT2D eigenvalue weighted by molar-refractivity contribution is 4.78. The Balaban J connectivity index is 3.12. The number of hydrogen-bond donors (Lipinski definition) is 0. The fourth-order valence-corrected chi connectivity index (χ4v) is 1.58. The molecule has 0 N–H and O–H groups in total. The van der Waals surface area contributed by atoms with Gasteiger partial charge in [0.1, 0.15) is 0 Å². The monoisotopic (exact) mass is 182 g/mol. The van der Waals surface area contributed by atoms with Gasteiger partial charge in [-0.3, -0.25) is 0 Å². The summed E-state index contributed by atoms with van der Waals surface area (Å²) < 4.78 is 0. The molecule has 0 spiro atoms. The van der Waals surface area contributed by atoms with Gasteiger partial charge in [0.05, 0.1) is 0 Å². The number of allylic oxidation sites excluding steroid dienone is 2. The third kappa shape index (κ3) is 9.66. The molecular formula is C13H26. The first kappa shape index (κ1) is 12.7. The van der Waals surface area contributed by atoms with Crippen molar-refractivity contribution in [3.05, 3.63) is 12.2 Å². The Morgan fingerprint density at radius 2 is 1.77 bits per heavy atom. The summed E-state index contributed by atoms with van der Waals surface area (Å²) in [6, 6.07) is 0. The van der Waals surface area contributed by atoms with Gasteiger partial charge in [-0.1, -0.05) is 64.5 Å². The molecule has 0 aromatic rings. The van der Waals surface area contributed by atoms with Crippen molar-refractivity contribution in [2.45, 2.75) is 65.7 Å². The molecule has 0 radical (unpaired) electrons. The van der Waals surface area contributed by atoms with E-state index in [9.17, 15) is 0 Å². The Morgan fingerprint density at radius 3 is 2.38 bits per heavy atom. The van der Waals surface area contributed by atoms with Crippen molar-refractivity contribution in [1.82, 2.24) is 0 Å². The van der Waals surface area contributed by atoms with Crippen molar-refractivity contribution in [2.24, 2.45) is 5.92 Å². The first-order valence-corrected chi connectivity index (χ1v) is 5.92. The maximum atomic E-state index is 2.36. The largest absolute Gasteiger partial charge is 0.0917 e. The third-order valence-corrected chi connectivity index (χ3v) is 2.57. The van der Waals surface area contributed by atoms with E-state index in [0.29, 0.717) is 0 Å². The Hall–Kier alpha value is -0.260. The van der Waals surface area contributed by atoms with E-state index in [1.165, 1.54) is 44.9 Å². The second-order valence-corrected chi connectivity index (χ2v) is 4.11. The molecule has 0 aromatic carbocycles. The average molecular weight is 182 g/mol. The minimum atomic E-state index is 0.887. The molecule has 78 valence electrons. The van der Waals surface area contributed by atoms with E-state index in [-0.39, 0.29) is 0 Å². The van der Waals surface area contributed by atoms with Crippen LogP contribution in [0.25, 0.3) is 0 Å². The molecular weight excluding hydrogens is 156 g/mol. The van der Waals surface area contributed by atoms with E-state index in [2.05, 4.69) is 32.9 Å². The van der Waals surface area contributed by atoms with Crippen LogP contribution >= 0.6 is 0 Å². The van der Waals surface area contributed by atoms with E-state index in [1.807, 2.05) is 0 Å². The highest BCUT2D eigenvalue weighted by Crippen LogP contribution is 2.14. The molecule has 0 aliphatic heterocycles. The van der Waals surface area contributed by atoms with Crippen LogP contribution in [0.15, 0.2) is 12.2 Å². The molecule has 0 saturated carbocycles. The maximum absolute atomic E-state index is 2.36. The van der Waals surface area contributed by atoms with Crippen molar-refractivity contribution in [3.63, 3.8) is 0 Å². The second-order valence-electron chi connectivity index (χ2n) is 4.11. The van der Waals surface area contributed by atoms with Crippen LogP contribution in [0.3, 0.4) is 0 Å². The smallest absolute Gasteiger partial charge is 0.0325 e. The first-order chi connectivity index (χ1) is 6.31. The fourth-order valence-electron chi connectivity index (χ4n) is 1.58. The Labute approximate surface area is 84.4 Å². The van der Waals surface area contributed by atoms with E-state index in [1.54, 1.807) is 0 Å². The fraction of sp³-hybridized carbons (Fsp3) is 0.846. The van der Waals surface area contributed by atoms with Gasteiger partial charge in [0, 0.05) is 0 Å². The molecule has 0 aliphatic rings. The zero-order valence-corrected chi connectivity index (χ0v) is 9.68. The summed E-state index contributed by atoms with van der Waals surface area (Å²) in [5.41, 5.74) is 0. The summed E-state index contributed by atoms with van der Waals surface area (Å²) in [6.07, 6.45) is 14.2. The molecule has 0 aromatic heterocycles. The maximum Gasteiger partial charge on any atom is -0.0325 e. The highest BCUT2D eigenvalue weighted by atomic mass is 14.0. The van der Waals surface area contributed by atoms with Crippen LogP contribution < -0.4 is 0 Å². The summed E-state index contributed by atoms with van der Waals surface area (Å²) in [7, 11) is 0. The van der Waals surface area contributed by atoms with Gasteiger partial charge in [-0.25, -0.2) is 0 Å². The lowest BCUT2D eigenvalue weighted by Crippen LogP contribution is -1.92. The topological polar surface area (TPSA) is 0 Å². The molecule has 0 bridgehead atoms. The quantitative estimate of drug-likeness (QED) is 0.368. The molecule has 0 rings (SSSR count). The normalized spacial score (nSPS) is 13.8. The third-order valence-electron chi connectivity index (χ3n) is 2.57. The predicted molar refractivity (Wildman–Crippen MR) is 62.0 cm³/mol. The van der Waals surface area contributed by atoms with Gasteiger partial charge in [-0.2, -0.15) is 0 Å². The minimum Gasteiger partial charge on any atom is -0.0917 e. The molecule has 0 fully saturated rings. The molecule has 0 heteroatoms. The van der Waals surface area contributed by atoms with Crippen molar-refractivity contribution in [3.8, 4) is 0 Å². The Kier molecular flexibility index (Phi) is 9.63. The van der Waals surface area contributed by atoms with Crippen molar-refractivity contribution in [2.75, 3.05) is 0 Å². The van der Waals surface area contributed by atoms with Gasteiger partial charge < -0.3 is 0 Å². The van der Waals surface area contributed by atoms with E-state index < -0.39 is 0 Å². The van der Waals surface area contributed by atoms with Gasteiger partial charge in [0.15, 0.2) is 0 Å². The van der Waals surface area contributed by atoms with Crippen LogP contribution in [-0.4, -0.2) is 0 Å². The molecule has 0 amide bonds. The lowest BCUT2D eigenvalue weighted by Gasteiger charge is -2.07. The molecule has 0 aliphatic carbocycles. The summed E-state index contributed by atoms with van der Waals surface area (Å²) >= 11 is 0. The highest BCUT2D eigenvalue weighted by Gasteiger charge is 1.98. The van der Waals surface area contributed by atoms with Gasteiger partial charge >= 0.3 is 0 Å². The molecule has 0 unspecified atom stereocenters. The number of hydrogen-bond acceptors (Lipinski definition) is 0. The SMILES string of the molecule is C/C=C/C[C@H](C)CCCCCCC. The molecule has 0 nitrogen and oxygen atoms in total. The van der Waals surface area contributed by atoms with Crippen LogP contribution in [-0.2, 0) is 0 Å². The summed E-state index contributed by atoms with van der Waals surface area (Å²) in [5.74, 6) is 0.887. The second kappa shape index (κ2) is 9.83. The van der Waals surface area contributed by atoms with Crippen LogP contribution in [0, 0.1) is 5.92 Å². The Morgan fingerprint density at radius 1 is 1.08 bits per heavy atom. The average Bonchev–Trinajstić information content (AvgIpc) is 2.14. The lowest BCUT2D eigenvalue weighted by molar-refractivity contribution is 0.490. The molecule has 13 heavy (non-hydrogen) atoms. The van der Waals surface area contributed by atoms with E-state index in [4.69, 9.17) is 0 Å². The van der Waals surface area contributed by atoms with Gasteiger partial charge in [0.2, 0.25) is 0 Å². The molecule has 1 atom stereocenters.